The Kier molecular flexibility index (Phi) is 4.57. The number of ketones is 1. The van der Waals surface area contributed by atoms with Gasteiger partial charge in [-0.15, -0.1) is 0 Å². The summed E-state index contributed by atoms with van der Waals surface area (Å²) in [5.41, 5.74) is 3.10. The van der Waals surface area contributed by atoms with Gasteiger partial charge in [-0.05, 0) is 30.5 Å². The topological polar surface area (TPSA) is 26.3 Å². The summed E-state index contributed by atoms with van der Waals surface area (Å²) in [6, 6.07) is 15.4. The van der Waals surface area contributed by atoms with Crippen LogP contribution in [0.15, 0.2) is 48.5 Å². The lowest BCUT2D eigenvalue weighted by atomic mass is 10.0. The molecule has 0 spiro atoms. The highest BCUT2D eigenvalue weighted by Crippen LogP contribution is 2.18. The number of aryl methyl sites for hydroxylation is 1. The van der Waals surface area contributed by atoms with Crippen LogP contribution in [0, 0.1) is 6.92 Å². The Balaban J connectivity index is 1.94. The Morgan fingerprint density at radius 1 is 1.00 bits per heavy atom. The maximum absolute atomic E-state index is 12.0. The van der Waals surface area contributed by atoms with E-state index in [9.17, 15) is 4.79 Å². The zero-order valence-corrected chi connectivity index (χ0v) is 12.2. The van der Waals surface area contributed by atoms with E-state index in [1.165, 1.54) is 5.56 Å². The van der Waals surface area contributed by atoms with Crippen LogP contribution in [0.25, 0.3) is 0 Å². The Bertz CT molecular complexity index is 565. The van der Waals surface area contributed by atoms with Gasteiger partial charge in [0.1, 0.15) is 5.75 Å². The minimum atomic E-state index is -0.00191. The smallest absolute Gasteiger partial charge is 0.200 e. The number of rotatable bonds is 5. The summed E-state index contributed by atoms with van der Waals surface area (Å²) in [7, 11) is 0. The summed E-state index contributed by atoms with van der Waals surface area (Å²) in [5.74, 6) is 1.23. The normalized spacial score (nSPS) is 10.6. The zero-order valence-electron chi connectivity index (χ0n) is 12.2. The van der Waals surface area contributed by atoms with Gasteiger partial charge < -0.3 is 4.74 Å². The van der Waals surface area contributed by atoms with Crippen LogP contribution in [0.5, 0.6) is 5.75 Å². The van der Waals surface area contributed by atoms with E-state index < -0.39 is 0 Å². The molecule has 104 valence electrons. The maximum Gasteiger partial charge on any atom is 0.200 e. The first-order chi connectivity index (χ1) is 9.56. The molecule has 0 saturated carbocycles. The lowest BCUT2D eigenvalue weighted by Gasteiger charge is -2.08. The summed E-state index contributed by atoms with van der Waals surface area (Å²) in [4.78, 5) is 12.0. The summed E-state index contributed by atoms with van der Waals surface area (Å²) < 4.78 is 5.54. The molecule has 0 aliphatic carbocycles. The number of Topliss-reactive ketones (excluding diaryl/α,β-unsaturated/α-hetero) is 1. The van der Waals surface area contributed by atoms with Gasteiger partial charge >= 0.3 is 0 Å². The van der Waals surface area contributed by atoms with E-state index in [-0.39, 0.29) is 12.4 Å². The fourth-order valence-electron chi connectivity index (χ4n) is 1.92. The van der Waals surface area contributed by atoms with Crippen molar-refractivity contribution in [2.75, 3.05) is 6.61 Å². The third kappa shape index (κ3) is 3.70. The van der Waals surface area contributed by atoms with Crippen molar-refractivity contribution in [3.05, 3.63) is 65.2 Å². The Labute approximate surface area is 120 Å². The van der Waals surface area contributed by atoms with Crippen LogP contribution in [-0.4, -0.2) is 12.4 Å². The Hall–Kier alpha value is -2.09. The highest BCUT2D eigenvalue weighted by atomic mass is 16.5. The molecule has 20 heavy (non-hydrogen) atoms. The molecule has 2 heteroatoms. The van der Waals surface area contributed by atoms with Gasteiger partial charge in [0.2, 0.25) is 0 Å². The van der Waals surface area contributed by atoms with E-state index in [1.54, 1.807) is 0 Å². The molecule has 0 amide bonds. The van der Waals surface area contributed by atoms with Crippen molar-refractivity contribution in [1.29, 1.82) is 0 Å². The van der Waals surface area contributed by atoms with Crippen LogP contribution >= 0.6 is 0 Å². The molecule has 2 aromatic carbocycles. The molecule has 0 radical (unpaired) electrons. The van der Waals surface area contributed by atoms with Crippen LogP contribution in [-0.2, 0) is 0 Å². The lowest BCUT2D eigenvalue weighted by molar-refractivity contribution is 0.0921. The second kappa shape index (κ2) is 6.38. The summed E-state index contributed by atoms with van der Waals surface area (Å²) in [5, 5.41) is 0. The van der Waals surface area contributed by atoms with E-state index in [1.807, 2.05) is 55.5 Å². The lowest BCUT2D eigenvalue weighted by Crippen LogP contribution is -2.11. The first-order valence-electron chi connectivity index (χ1n) is 6.89. The van der Waals surface area contributed by atoms with Gasteiger partial charge in [0.05, 0.1) is 0 Å². The molecular weight excluding hydrogens is 248 g/mol. The number of hydrogen-bond donors (Lipinski definition) is 0. The molecule has 0 N–H and O–H groups in total. The predicted molar refractivity (Wildman–Crippen MR) is 81.5 cm³/mol. The third-order valence-corrected chi connectivity index (χ3v) is 3.29. The van der Waals surface area contributed by atoms with Gasteiger partial charge in [0, 0.05) is 5.56 Å². The minimum absolute atomic E-state index is 0.00191. The maximum atomic E-state index is 12.0. The van der Waals surface area contributed by atoms with Gasteiger partial charge in [-0.3, -0.25) is 4.79 Å². The molecule has 0 saturated heterocycles. The van der Waals surface area contributed by atoms with Crippen molar-refractivity contribution >= 4 is 5.78 Å². The Morgan fingerprint density at radius 2 is 1.60 bits per heavy atom. The van der Waals surface area contributed by atoms with E-state index in [4.69, 9.17) is 4.74 Å². The van der Waals surface area contributed by atoms with Crippen molar-refractivity contribution in [2.45, 2.75) is 26.7 Å². The summed E-state index contributed by atoms with van der Waals surface area (Å²) >= 11 is 0. The van der Waals surface area contributed by atoms with E-state index in [0.717, 1.165) is 11.3 Å². The molecule has 0 fully saturated rings. The van der Waals surface area contributed by atoms with Crippen LogP contribution in [0.2, 0.25) is 0 Å². The molecular formula is C18H20O2. The van der Waals surface area contributed by atoms with Gasteiger partial charge in [-0.1, -0.05) is 55.8 Å². The SMILES string of the molecule is Cc1ccc(C(=O)COc2ccc(C(C)C)cc2)cc1. The second-order valence-corrected chi connectivity index (χ2v) is 5.30. The quantitative estimate of drug-likeness (QED) is 0.752. The Morgan fingerprint density at radius 3 is 2.15 bits per heavy atom. The fraction of sp³-hybridized carbons (Fsp3) is 0.278. The molecule has 2 nitrogen and oxygen atoms in total. The van der Waals surface area contributed by atoms with Crippen molar-refractivity contribution in [2.24, 2.45) is 0 Å². The van der Waals surface area contributed by atoms with E-state index in [2.05, 4.69) is 13.8 Å². The van der Waals surface area contributed by atoms with Gasteiger partial charge in [0.25, 0.3) is 0 Å². The standard InChI is InChI=1S/C18H20O2/c1-13(2)15-8-10-17(11-9-15)20-12-18(19)16-6-4-14(3)5-7-16/h4-11,13H,12H2,1-3H3. The summed E-state index contributed by atoms with van der Waals surface area (Å²) in [6.45, 7) is 6.37. The van der Waals surface area contributed by atoms with Crippen molar-refractivity contribution in [3.63, 3.8) is 0 Å². The highest BCUT2D eigenvalue weighted by molar-refractivity contribution is 5.97. The average molecular weight is 268 g/mol. The largest absolute Gasteiger partial charge is 0.485 e. The van der Waals surface area contributed by atoms with Gasteiger partial charge in [0.15, 0.2) is 12.4 Å². The molecule has 0 unspecified atom stereocenters. The van der Waals surface area contributed by atoms with Gasteiger partial charge in [-0.2, -0.15) is 0 Å². The number of benzene rings is 2. The number of carbonyl (C=O) groups excluding carboxylic acids is 1. The first-order valence-corrected chi connectivity index (χ1v) is 6.89. The first kappa shape index (κ1) is 14.3. The predicted octanol–water partition coefficient (Wildman–Crippen LogP) is 4.38. The van der Waals surface area contributed by atoms with Crippen molar-refractivity contribution < 1.29 is 9.53 Å². The molecule has 0 atom stereocenters. The van der Waals surface area contributed by atoms with Crippen LogP contribution in [0.4, 0.5) is 0 Å². The molecule has 2 aromatic rings. The van der Waals surface area contributed by atoms with Gasteiger partial charge in [-0.25, -0.2) is 0 Å². The molecule has 0 aliphatic rings. The van der Waals surface area contributed by atoms with E-state index >= 15 is 0 Å². The molecule has 0 heterocycles. The fourth-order valence-corrected chi connectivity index (χ4v) is 1.92. The minimum Gasteiger partial charge on any atom is -0.485 e. The monoisotopic (exact) mass is 268 g/mol. The molecule has 2 rings (SSSR count). The zero-order chi connectivity index (χ0) is 14.5. The van der Waals surface area contributed by atoms with Crippen LogP contribution in [0.3, 0.4) is 0 Å². The summed E-state index contributed by atoms with van der Waals surface area (Å²) in [6.07, 6.45) is 0. The highest BCUT2D eigenvalue weighted by Gasteiger charge is 2.07. The number of carbonyl (C=O) groups is 1. The molecule has 0 aromatic heterocycles. The number of ether oxygens (including phenoxy) is 1. The molecule has 0 bridgehead atoms. The number of hydrogen-bond acceptors (Lipinski definition) is 2. The van der Waals surface area contributed by atoms with Crippen LogP contribution in [0.1, 0.15) is 41.3 Å². The van der Waals surface area contributed by atoms with Crippen LogP contribution < -0.4 is 4.74 Å². The van der Waals surface area contributed by atoms with E-state index in [0.29, 0.717) is 11.5 Å². The van der Waals surface area contributed by atoms with Crippen molar-refractivity contribution in [3.8, 4) is 5.75 Å². The third-order valence-electron chi connectivity index (χ3n) is 3.29. The average Bonchev–Trinajstić information content (AvgIpc) is 2.46. The molecule has 0 aliphatic heterocycles. The van der Waals surface area contributed by atoms with Crippen molar-refractivity contribution in [1.82, 2.24) is 0 Å². The second-order valence-electron chi connectivity index (χ2n) is 5.30.